The quantitative estimate of drug-likeness (QED) is 0.560. The van der Waals surface area contributed by atoms with Crippen molar-refractivity contribution in [3.05, 3.63) is 54.5 Å². The molecule has 152 valence electrons. The predicted octanol–water partition coefficient (Wildman–Crippen LogP) is 2.88. The first-order valence-corrected chi connectivity index (χ1v) is 9.50. The van der Waals surface area contributed by atoms with Gasteiger partial charge in [0.05, 0.1) is 18.9 Å². The maximum Gasteiger partial charge on any atom is 0.274 e. The molecule has 29 heavy (non-hydrogen) atoms. The molecule has 0 bridgehead atoms. The highest BCUT2D eigenvalue weighted by Crippen LogP contribution is 2.25. The molecule has 0 aliphatic carbocycles. The molecule has 0 atom stereocenters. The van der Waals surface area contributed by atoms with Gasteiger partial charge in [-0.15, -0.1) is 5.10 Å². The summed E-state index contributed by atoms with van der Waals surface area (Å²) in [5, 5.41) is 11.3. The van der Waals surface area contributed by atoms with E-state index in [0.717, 1.165) is 23.4 Å². The molecule has 0 fully saturated rings. The molecule has 1 aromatic carbocycles. The predicted molar refractivity (Wildman–Crippen MR) is 109 cm³/mol. The Hall–Kier alpha value is -3.26. The Morgan fingerprint density at radius 2 is 2.00 bits per heavy atom. The summed E-state index contributed by atoms with van der Waals surface area (Å²) in [6, 6.07) is 11.1. The van der Waals surface area contributed by atoms with Gasteiger partial charge in [-0.25, -0.2) is 4.68 Å². The maximum absolute atomic E-state index is 12.8. The van der Waals surface area contributed by atoms with E-state index < -0.39 is 0 Å². The summed E-state index contributed by atoms with van der Waals surface area (Å²) < 4.78 is 12.3. The van der Waals surface area contributed by atoms with Crippen LogP contribution in [0.3, 0.4) is 0 Å². The average molecular weight is 395 g/mol. The highest BCUT2D eigenvalue weighted by Gasteiger charge is 2.22. The zero-order chi connectivity index (χ0) is 20.6. The molecule has 0 spiro atoms. The topological polar surface area (TPSA) is 91.2 Å². The molecule has 0 aliphatic heterocycles. The van der Waals surface area contributed by atoms with Crippen LogP contribution in [0.5, 0.6) is 5.75 Å². The Bertz CT molecular complexity index is 923. The first-order chi connectivity index (χ1) is 14.1. The summed E-state index contributed by atoms with van der Waals surface area (Å²) >= 11 is 0. The number of nitrogens with zero attached hydrogens (tertiary/aromatic N) is 4. The lowest BCUT2D eigenvalue weighted by molar-refractivity contribution is 0.0756. The first-order valence-electron chi connectivity index (χ1n) is 9.50. The molecule has 0 saturated heterocycles. The van der Waals surface area contributed by atoms with Crippen LogP contribution in [0.1, 0.15) is 30.8 Å². The lowest BCUT2D eigenvalue weighted by atomic mass is 10.1. The van der Waals surface area contributed by atoms with Gasteiger partial charge in [-0.05, 0) is 56.7 Å². The van der Waals surface area contributed by atoms with Gasteiger partial charge in [0.2, 0.25) is 0 Å². The van der Waals surface area contributed by atoms with Crippen LogP contribution in [-0.2, 0) is 4.74 Å². The number of amides is 1. The molecule has 2 heterocycles. The number of benzene rings is 1. The molecule has 1 amide bonds. The molecule has 0 unspecified atom stereocenters. The summed E-state index contributed by atoms with van der Waals surface area (Å²) in [4.78, 5) is 16.9. The number of rotatable bonds is 9. The monoisotopic (exact) mass is 395 g/mol. The zero-order valence-corrected chi connectivity index (χ0v) is 16.8. The normalized spacial score (nSPS) is 10.9. The van der Waals surface area contributed by atoms with Crippen molar-refractivity contribution in [3.63, 3.8) is 0 Å². The molecule has 3 aromatic rings. The van der Waals surface area contributed by atoms with Crippen LogP contribution < -0.4 is 10.1 Å². The fraction of sp³-hybridized carbons (Fsp3) is 0.333. The number of pyridine rings is 1. The van der Waals surface area contributed by atoms with Gasteiger partial charge in [0.1, 0.15) is 11.4 Å². The van der Waals surface area contributed by atoms with Gasteiger partial charge in [-0.2, -0.15) is 0 Å². The standard InChI is InChI=1S/C21H25N5O3/c1-15(2)29-13-5-12-23-21(27)19-20(16-6-4-11-22-14-16)26(25-24-19)17-7-9-18(28-3)10-8-17/h4,6-11,14-15H,5,12-13H2,1-3H3,(H,23,27). The van der Waals surface area contributed by atoms with E-state index in [-0.39, 0.29) is 17.7 Å². The van der Waals surface area contributed by atoms with Gasteiger partial charge in [0.15, 0.2) is 5.69 Å². The Balaban J connectivity index is 1.85. The number of methoxy groups -OCH3 is 1. The summed E-state index contributed by atoms with van der Waals surface area (Å²) in [7, 11) is 1.61. The third-order valence-electron chi connectivity index (χ3n) is 4.20. The van der Waals surface area contributed by atoms with E-state index in [4.69, 9.17) is 9.47 Å². The van der Waals surface area contributed by atoms with Crippen molar-refractivity contribution in [2.24, 2.45) is 0 Å². The second kappa shape index (κ2) is 9.79. The van der Waals surface area contributed by atoms with E-state index in [1.165, 1.54) is 0 Å². The number of hydrogen-bond acceptors (Lipinski definition) is 6. The first kappa shape index (κ1) is 20.5. The fourth-order valence-electron chi connectivity index (χ4n) is 2.78. The van der Waals surface area contributed by atoms with E-state index in [0.29, 0.717) is 18.8 Å². The van der Waals surface area contributed by atoms with E-state index in [1.54, 1.807) is 24.2 Å². The molecule has 0 radical (unpaired) electrons. The highest BCUT2D eigenvalue weighted by molar-refractivity contribution is 5.98. The smallest absolute Gasteiger partial charge is 0.274 e. The van der Waals surface area contributed by atoms with Crippen LogP contribution in [0.25, 0.3) is 16.9 Å². The van der Waals surface area contributed by atoms with Crippen molar-refractivity contribution in [1.29, 1.82) is 0 Å². The van der Waals surface area contributed by atoms with E-state index >= 15 is 0 Å². The SMILES string of the molecule is COc1ccc(-n2nnc(C(=O)NCCCOC(C)C)c2-c2cccnc2)cc1. The Kier molecular flexibility index (Phi) is 6.91. The molecule has 8 heteroatoms. The van der Waals surface area contributed by atoms with Crippen molar-refractivity contribution in [2.75, 3.05) is 20.3 Å². The lowest BCUT2D eigenvalue weighted by Gasteiger charge is -2.10. The molecule has 1 N–H and O–H groups in total. The fourth-order valence-corrected chi connectivity index (χ4v) is 2.78. The second-order valence-electron chi connectivity index (χ2n) is 6.67. The number of carbonyl (C=O) groups excluding carboxylic acids is 1. The number of carbonyl (C=O) groups is 1. The average Bonchev–Trinajstić information content (AvgIpc) is 3.19. The van der Waals surface area contributed by atoms with Crippen LogP contribution in [0.15, 0.2) is 48.8 Å². The van der Waals surface area contributed by atoms with Gasteiger partial charge < -0.3 is 14.8 Å². The number of nitrogens with one attached hydrogen (secondary N) is 1. The third kappa shape index (κ3) is 5.17. The van der Waals surface area contributed by atoms with Gasteiger partial charge in [0.25, 0.3) is 5.91 Å². The molecule has 0 saturated carbocycles. The number of hydrogen-bond donors (Lipinski definition) is 1. The molecule has 8 nitrogen and oxygen atoms in total. The summed E-state index contributed by atoms with van der Waals surface area (Å²) in [5.74, 6) is 0.450. The third-order valence-corrected chi connectivity index (χ3v) is 4.20. The van der Waals surface area contributed by atoms with Crippen LogP contribution in [-0.4, -0.2) is 52.3 Å². The summed E-state index contributed by atoms with van der Waals surface area (Å²) in [5.41, 5.74) is 2.35. The molecular formula is C21H25N5O3. The van der Waals surface area contributed by atoms with Gasteiger partial charge in [-0.3, -0.25) is 9.78 Å². The Labute approximate surface area is 169 Å². The highest BCUT2D eigenvalue weighted by atomic mass is 16.5. The number of aromatic nitrogens is 4. The summed E-state index contributed by atoms with van der Waals surface area (Å²) in [6.45, 7) is 5.05. The minimum absolute atomic E-state index is 0.173. The Morgan fingerprint density at radius 1 is 1.21 bits per heavy atom. The van der Waals surface area contributed by atoms with Crippen LogP contribution in [0, 0.1) is 0 Å². The number of ether oxygens (including phenoxy) is 2. The molecule has 0 aliphatic rings. The Morgan fingerprint density at radius 3 is 2.66 bits per heavy atom. The van der Waals surface area contributed by atoms with Crippen molar-refractivity contribution in [1.82, 2.24) is 25.3 Å². The molecule has 3 rings (SSSR count). The van der Waals surface area contributed by atoms with Crippen molar-refractivity contribution in [2.45, 2.75) is 26.4 Å². The zero-order valence-electron chi connectivity index (χ0n) is 16.8. The van der Waals surface area contributed by atoms with E-state index in [2.05, 4.69) is 20.6 Å². The molecular weight excluding hydrogens is 370 g/mol. The van der Waals surface area contributed by atoms with Crippen molar-refractivity contribution >= 4 is 5.91 Å². The van der Waals surface area contributed by atoms with Crippen molar-refractivity contribution in [3.8, 4) is 22.7 Å². The lowest BCUT2D eigenvalue weighted by Crippen LogP contribution is -2.26. The minimum atomic E-state index is -0.284. The minimum Gasteiger partial charge on any atom is -0.497 e. The van der Waals surface area contributed by atoms with Crippen LogP contribution in [0.2, 0.25) is 0 Å². The van der Waals surface area contributed by atoms with Crippen LogP contribution >= 0.6 is 0 Å². The van der Waals surface area contributed by atoms with Gasteiger partial charge in [-0.1, -0.05) is 5.21 Å². The summed E-state index contributed by atoms with van der Waals surface area (Å²) in [6.07, 6.45) is 4.26. The van der Waals surface area contributed by atoms with Crippen LogP contribution in [0.4, 0.5) is 0 Å². The van der Waals surface area contributed by atoms with Crippen molar-refractivity contribution < 1.29 is 14.3 Å². The molecule has 2 aromatic heterocycles. The van der Waals surface area contributed by atoms with Gasteiger partial charge in [0, 0.05) is 31.1 Å². The largest absolute Gasteiger partial charge is 0.497 e. The van der Waals surface area contributed by atoms with E-state index in [1.807, 2.05) is 50.2 Å². The van der Waals surface area contributed by atoms with Gasteiger partial charge >= 0.3 is 0 Å². The second-order valence-corrected chi connectivity index (χ2v) is 6.67. The van der Waals surface area contributed by atoms with E-state index in [9.17, 15) is 4.79 Å². The maximum atomic E-state index is 12.8.